The van der Waals surface area contributed by atoms with E-state index >= 15 is 0 Å². The molecule has 2 aliphatic heterocycles. The molecule has 0 bridgehead atoms. The van der Waals surface area contributed by atoms with E-state index in [0.29, 0.717) is 0 Å². The van der Waals surface area contributed by atoms with Crippen molar-refractivity contribution in [3.05, 3.63) is 23.9 Å². The number of nitrogens with one attached hydrogen (secondary N) is 1. The normalized spacial score (nSPS) is 25.3. The smallest absolute Gasteiger partial charge is 0.247 e. The fourth-order valence-corrected chi connectivity index (χ4v) is 1.03. The van der Waals surface area contributed by atoms with Gasteiger partial charge < -0.3 is 5.32 Å². The Balaban J connectivity index is 0.000000605. The second-order valence-corrected chi connectivity index (χ2v) is 2.21. The largest absolute Gasteiger partial charge is 0.324 e. The molecule has 0 radical (unpaired) electrons. The van der Waals surface area contributed by atoms with Crippen molar-refractivity contribution in [2.75, 3.05) is 0 Å². The first kappa shape index (κ1) is 8.20. The van der Waals surface area contributed by atoms with E-state index in [1.807, 2.05) is 6.08 Å². The number of carbonyl (C=O) groups excluding carboxylic acids is 1. The SMILES string of the molecule is Br.O=C1C=CC2N=CC=C2N1. The Kier molecular flexibility index (Phi) is 2.24. The Labute approximate surface area is 74.7 Å². The Bertz CT molecular complexity index is 268. The van der Waals surface area contributed by atoms with E-state index < -0.39 is 0 Å². The van der Waals surface area contributed by atoms with Gasteiger partial charge in [0, 0.05) is 18.0 Å². The number of carbonyl (C=O) groups is 1. The summed E-state index contributed by atoms with van der Waals surface area (Å²) in [7, 11) is 0. The zero-order valence-electron chi connectivity index (χ0n) is 5.65. The van der Waals surface area contributed by atoms with E-state index in [1.54, 1.807) is 12.3 Å². The van der Waals surface area contributed by atoms with Crippen LogP contribution in [0.15, 0.2) is 28.9 Å². The van der Waals surface area contributed by atoms with Crippen molar-refractivity contribution < 1.29 is 4.79 Å². The van der Waals surface area contributed by atoms with Crippen LogP contribution >= 0.6 is 17.0 Å². The molecule has 0 aromatic carbocycles. The molecule has 3 nitrogen and oxygen atoms in total. The summed E-state index contributed by atoms with van der Waals surface area (Å²) in [6, 6.07) is 0.0673. The lowest BCUT2D eigenvalue weighted by molar-refractivity contribution is -0.116. The molecule has 2 heterocycles. The quantitative estimate of drug-likeness (QED) is 0.631. The van der Waals surface area contributed by atoms with Gasteiger partial charge in [-0.3, -0.25) is 9.79 Å². The van der Waals surface area contributed by atoms with Crippen LogP contribution < -0.4 is 5.32 Å². The van der Waals surface area contributed by atoms with Crippen LogP contribution in [0.1, 0.15) is 0 Å². The molecule has 1 amide bonds. The molecule has 0 aromatic rings. The van der Waals surface area contributed by atoms with Crippen LogP contribution in [0.2, 0.25) is 0 Å². The lowest BCUT2D eigenvalue weighted by Crippen LogP contribution is -2.29. The Hall–Kier alpha value is -0.900. The average Bonchev–Trinajstić information content (AvgIpc) is 2.33. The summed E-state index contributed by atoms with van der Waals surface area (Å²) in [5.41, 5.74) is 0.882. The summed E-state index contributed by atoms with van der Waals surface area (Å²) in [5, 5.41) is 2.69. The van der Waals surface area contributed by atoms with Gasteiger partial charge in [-0.1, -0.05) is 0 Å². The second kappa shape index (κ2) is 3.00. The van der Waals surface area contributed by atoms with Crippen molar-refractivity contribution in [1.29, 1.82) is 0 Å². The number of allylic oxidation sites excluding steroid dienone is 1. The molecule has 0 fully saturated rings. The molecule has 0 aromatic heterocycles. The van der Waals surface area contributed by atoms with Crippen LogP contribution in [0.4, 0.5) is 0 Å². The Morgan fingerprint density at radius 2 is 2.36 bits per heavy atom. The third-order valence-corrected chi connectivity index (χ3v) is 1.52. The van der Waals surface area contributed by atoms with Crippen LogP contribution in [0, 0.1) is 0 Å². The van der Waals surface area contributed by atoms with E-state index in [0.717, 1.165) is 5.70 Å². The van der Waals surface area contributed by atoms with Gasteiger partial charge >= 0.3 is 0 Å². The van der Waals surface area contributed by atoms with E-state index in [9.17, 15) is 4.79 Å². The third-order valence-electron chi connectivity index (χ3n) is 1.52. The zero-order chi connectivity index (χ0) is 6.97. The summed E-state index contributed by atoms with van der Waals surface area (Å²) in [5.74, 6) is -0.0620. The van der Waals surface area contributed by atoms with Crippen LogP contribution in [0.25, 0.3) is 0 Å². The zero-order valence-corrected chi connectivity index (χ0v) is 7.36. The first-order valence-electron chi connectivity index (χ1n) is 3.09. The van der Waals surface area contributed by atoms with Crippen molar-refractivity contribution >= 4 is 29.1 Å². The van der Waals surface area contributed by atoms with Gasteiger partial charge in [-0.2, -0.15) is 0 Å². The predicted molar refractivity (Wildman–Crippen MR) is 48.0 cm³/mol. The number of hydrogen-bond donors (Lipinski definition) is 1. The van der Waals surface area contributed by atoms with Gasteiger partial charge in [0.25, 0.3) is 0 Å². The van der Waals surface area contributed by atoms with Crippen molar-refractivity contribution in [2.24, 2.45) is 4.99 Å². The first-order chi connectivity index (χ1) is 4.86. The van der Waals surface area contributed by atoms with Gasteiger partial charge in [0.1, 0.15) is 6.04 Å². The molecule has 11 heavy (non-hydrogen) atoms. The fourth-order valence-electron chi connectivity index (χ4n) is 1.03. The molecule has 0 spiro atoms. The van der Waals surface area contributed by atoms with Crippen molar-refractivity contribution in [3.63, 3.8) is 0 Å². The topological polar surface area (TPSA) is 41.5 Å². The molecular formula is C7H7BrN2O. The summed E-state index contributed by atoms with van der Waals surface area (Å²) < 4.78 is 0. The van der Waals surface area contributed by atoms with Crippen molar-refractivity contribution in [2.45, 2.75) is 6.04 Å². The van der Waals surface area contributed by atoms with Crippen LogP contribution in [-0.4, -0.2) is 18.2 Å². The van der Waals surface area contributed by atoms with E-state index in [2.05, 4.69) is 10.3 Å². The van der Waals surface area contributed by atoms with Crippen LogP contribution in [0.5, 0.6) is 0 Å². The standard InChI is InChI=1S/C7H6N2O.BrH/c10-7-2-1-5-6(9-7)3-4-8-5;/h1-5H,(H,9,10);1H. The fraction of sp³-hybridized carbons (Fsp3) is 0.143. The second-order valence-electron chi connectivity index (χ2n) is 2.21. The Morgan fingerprint density at radius 3 is 3.18 bits per heavy atom. The minimum Gasteiger partial charge on any atom is -0.324 e. The summed E-state index contributed by atoms with van der Waals surface area (Å²) in [4.78, 5) is 14.8. The summed E-state index contributed by atoms with van der Waals surface area (Å²) in [6.45, 7) is 0. The number of nitrogens with zero attached hydrogens (tertiary/aromatic N) is 1. The first-order valence-corrected chi connectivity index (χ1v) is 3.09. The number of amides is 1. The van der Waals surface area contributed by atoms with E-state index in [-0.39, 0.29) is 28.9 Å². The van der Waals surface area contributed by atoms with Gasteiger partial charge in [0.2, 0.25) is 5.91 Å². The highest BCUT2D eigenvalue weighted by molar-refractivity contribution is 8.93. The molecule has 0 aliphatic carbocycles. The number of rotatable bonds is 0. The highest BCUT2D eigenvalue weighted by Crippen LogP contribution is 2.12. The highest BCUT2D eigenvalue weighted by atomic mass is 79.9. The summed E-state index contributed by atoms with van der Waals surface area (Å²) >= 11 is 0. The lowest BCUT2D eigenvalue weighted by Gasteiger charge is -2.12. The van der Waals surface area contributed by atoms with Crippen LogP contribution in [0.3, 0.4) is 0 Å². The molecule has 0 saturated heterocycles. The Morgan fingerprint density at radius 1 is 1.55 bits per heavy atom. The molecule has 1 N–H and O–H groups in total. The van der Waals surface area contributed by atoms with Crippen molar-refractivity contribution in [1.82, 2.24) is 5.32 Å². The molecule has 58 valence electrons. The minimum absolute atomic E-state index is 0. The molecule has 4 heteroatoms. The van der Waals surface area contributed by atoms with Gasteiger partial charge in [-0.25, -0.2) is 0 Å². The number of halogens is 1. The lowest BCUT2D eigenvalue weighted by atomic mass is 10.1. The van der Waals surface area contributed by atoms with Gasteiger partial charge in [0.15, 0.2) is 0 Å². The van der Waals surface area contributed by atoms with Gasteiger partial charge in [-0.15, -0.1) is 17.0 Å². The molecular weight excluding hydrogens is 208 g/mol. The molecule has 2 aliphatic rings. The monoisotopic (exact) mass is 214 g/mol. The maximum Gasteiger partial charge on any atom is 0.247 e. The maximum atomic E-state index is 10.7. The third kappa shape index (κ3) is 1.40. The van der Waals surface area contributed by atoms with Crippen LogP contribution in [-0.2, 0) is 4.79 Å². The van der Waals surface area contributed by atoms with Gasteiger partial charge in [-0.05, 0) is 12.2 Å². The summed E-state index contributed by atoms with van der Waals surface area (Å²) in [6.07, 6.45) is 6.81. The minimum atomic E-state index is -0.0620. The van der Waals surface area contributed by atoms with E-state index in [1.165, 1.54) is 6.08 Å². The number of hydrogen-bond acceptors (Lipinski definition) is 2. The molecule has 2 rings (SSSR count). The maximum absolute atomic E-state index is 10.7. The highest BCUT2D eigenvalue weighted by Gasteiger charge is 2.18. The molecule has 0 saturated carbocycles. The average molecular weight is 215 g/mol. The van der Waals surface area contributed by atoms with Crippen molar-refractivity contribution in [3.8, 4) is 0 Å². The number of fused-ring (bicyclic) bond motifs is 1. The number of aliphatic imine (C=N–C) groups is 1. The predicted octanol–water partition coefficient (Wildman–Crippen LogP) is 0.587. The van der Waals surface area contributed by atoms with Gasteiger partial charge in [0.05, 0.1) is 0 Å². The molecule has 1 unspecified atom stereocenters. The van der Waals surface area contributed by atoms with E-state index in [4.69, 9.17) is 0 Å². The molecule has 1 atom stereocenters.